The Hall–Kier alpha value is -0.540. The molecule has 0 spiro atoms. The van der Waals surface area contributed by atoms with Crippen LogP contribution in [-0.4, -0.2) is 17.2 Å². The highest BCUT2D eigenvalue weighted by Crippen LogP contribution is 2.35. The molecule has 1 fully saturated rings. The number of aliphatic hydroxyl groups excluding tert-OH is 1. The number of halogens is 1. The molecule has 1 N–H and O–H groups in total. The molecule has 17 heavy (non-hydrogen) atoms. The number of nitrogens with zero attached hydrogens (tertiary/aromatic N) is 1. The fourth-order valence-corrected chi connectivity index (χ4v) is 3.17. The molecule has 1 aliphatic rings. The lowest BCUT2D eigenvalue weighted by Gasteiger charge is -2.32. The van der Waals surface area contributed by atoms with Gasteiger partial charge in [0.2, 0.25) is 0 Å². The molecule has 0 aliphatic carbocycles. The van der Waals surface area contributed by atoms with Gasteiger partial charge in [-0.3, -0.25) is 0 Å². The molecule has 1 aromatic carbocycles. The van der Waals surface area contributed by atoms with Crippen molar-refractivity contribution in [2.75, 3.05) is 4.90 Å². The Morgan fingerprint density at radius 1 is 1.41 bits per heavy atom. The van der Waals surface area contributed by atoms with E-state index < -0.39 is 0 Å². The highest BCUT2D eigenvalue weighted by Gasteiger charge is 2.30. The lowest BCUT2D eigenvalue weighted by atomic mass is 10.1. The molecule has 0 aromatic heterocycles. The Kier molecular flexibility index (Phi) is 4.10. The summed E-state index contributed by atoms with van der Waals surface area (Å²) in [6.07, 6.45) is 3.67. The van der Waals surface area contributed by atoms with Crippen molar-refractivity contribution in [2.45, 2.75) is 51.8 Å². The van der Waals surface area contributed by atoms with Gasteiger partial charge in [0.25, 0.3) is 0 Å². The summed E-state index contributed by atoms with van der Waals surface area (Å²) in [7, 11) is 0. The van der Waals surface area contributed by atoms with Gasteiger partial charge in [-0.25, -0.2) is 0 Å². The van der Waals surface area contributed by atoms with Crippen molar-refractivity contribution in [1.82, 2.24) is 0 Å². The van der Waals surface area contributed by atoms with Gasteiger partial charge in [-0.05, 0) is 38.3 Å². The maximum atomic E-state index is 9.47. The highest BCUT2D eigenvalue weighted by atomic mass is 79.9. The van der Waals surface area contributed by atoms with Gasteiger partial charge >= 0.3 is 0 Å². The number of aliphatic hydroxyl groups is 1. The minimum Gasteiger partial charge on any atom is -0.392 e. The monoisotopic (exact) mass is 297 g/mol. The van der Waals surface area contributed by atoms with Crippen molar-refractivity contribution in [3.63, 3.8) is 0 Å². The van der Waals surface area contributed by atoms with Crippen molar-refractivity contribution in [1.29, 1.82) is 0 Å². The predicted octanol–water partition coefficient (Wildman–Crippen LogP) is 3.71. The summed E-state index contributed by atoms with van der Waals surface area (Å²) in [5.41, 5.74) is 2.22. The van der Waals surface area contributed by atoms with Gasteiger partial charge in [0.15, 0.2) is 0 Å². The summed E-state index contributed by atoms with van der Waals surface area (Å²) in [5, 5.41) is 9.47. The van der Waals surface area contributed by atoms with Crippen molar-refractivity contribution < 1.29 is 5.11 Å². The van der Waals surface area contributed by atoms with E-state index in [2.05, 4.69) is 40.7 Å². The summed E-state index contributed by atoms with van der Waals surface area (Å²) in [6.45, 7) is 4.63. The van der Waals surface area contributed by atoms with Crippen LogP contribution in [-0.2, 0) is 6.61 Å². The summed E-state index contributed by atoms with van der Waals surface area (Å²) in [4.78, 5) is 2.48. The van der Waals surface area contributed by atoms with Crippen molar-refractivity contribution >= 4 is 21.6 Å². The van der Waals surface area contributed by atoms with Gasteiger partial charge < -0.3 is 10.0 Å². The molecule has 2 atom stereocenters. The minimum absolute atomic E-state index is 0.113. The molecule has 1 aromatic rings. The lowest BCUT2D eigenvalue weighted by molar-refractivity contribution is 0.282. The van der Waals surface area contributed by atoms with E-state index in [1.54, 1.807) is 0 Å². The molecule has 0 bridgehead atoms. The second-order valence-electron chi connectivity index (χ2n) is 4.83. The number of hydrogen-bond acceptors (Lipinski definition) is 2. The first-order valence-electron chi connectivity index (χ1n) is 6.35. The van der Waals surface area contributed by atoms with Crippen LogP contribution in [0.1, 0.15) is 38.7 Å². The van der Waals surface area contributed by atoms with Gasteiger partial charge in [0.05, 0.1) is 6.61 Å². The molecule has 0 radical (unpaired) electrons. The standard InChI is InChI=1S/C14H20BrNO/c1-3-13-7-4-10(2)16(13)14-8-12(15)6-5-11(14)9-17/h5-6,8,10,13,17H,3-4,7,9H2,1-2H3. The quantitative estimate of drug-likeness (QED) is 0.919. The predicted molar refractivity (Wildman–Crippen MR) is 75.3 cm³/mol. The molecular weight excluding hydrogens is 278 g/mol. The zero-order valence-corrected chi connectivity index (χ0v) is 12.1. The Labute approximate surface area is 112 Å². The molecule has 3 heteroatoms. The first-order chi connectivity index (χ1) is 8.17. The Balaban J connectivity index is 2.40. The fourth-order valence-electron chi connectivity index (χ4n) is 2.82. The van der Waals surface area contributed by atoms with Crippen LogP contribution in [0.15, 0.2) is 22.7 Å². The molecule has 1 heterocycles. The van der Waals surface area contributed by atoms with Crippen molar-refractivity contribution in [3.8, 4) is 0 Å². The second kappa shape index (κ2) is 5.40. The number of benzene rings is 1. The van der Waals surface area contributed by atoms with E-state index in [4.69, 9.17) is 0 Å². The average molecular weight is 298 g/mol. The van der Waals surface area contributed by atoms with Crippen LogP contribution >= 0.6 is 15.9 Å². The third kappa shape index (κ3) is 2.50. The Morgan fingerprint density at radius 3 is 2.82 bits per heavy atom. The summed E-state index contributed by atoms with van der Waals surface area (Å²) in [5.74, 6) is 0. The molecule has 1 saturated heterocycles. The van der Waals surface area contributed by atoms with E-state index in [1.807, 2.05) is 12.1 Å². The van der Waals surface area contributed by atoms with Gasteiger partial charge in [-0.2, -0.15) is 0 Å². The van der Waals surface area contributed by atoms with Gasteiger partial charge in [0, 0.05) is 27.8 Å². The zero-order chi connectivity index (χ0) is 12.4. The first kappa shape index (κ1) is 12.9. The van der Waals surface area contributed by atoms with Crippen LogP contribution in [0, 0.1) is 0 Å². The summed E-state index contributed by atoms with van der Waals surface area (Å²) < 4.78 is 1.08. The molecule has 2 nitrogen and oxygen atoms in total. The van der Waals surface area contributed by atoms with Crippen LogP contribution in [0.5, 0.6) is 0 Å². The van der Waals surface area contributed by atoms with Gasteiger partial charge in [-0.1, -0.05) is 28.9 Å². The van der Waals surface area contributed by atoms with Crippen LogP contribution in [0.25, 0.3) is 0 Å². The molecule has 2 unspecified atom stereocenters. The lowest BCUT2D eigenvalue weighted by Crippen LogP contribution is -2.34. The third-order valence-corrected chi connectivity index (χ3v) is 4.25. The number of hydrogen-bond donors (Lipinski definition) is 1. The molecule has 2 rings (SSSR count). The smallest absolute Gasteiger partial charge is 0.0702 e. The van der Waals surface area contributed by atoms with E-state index in [0.29, 0.717) is 12.1 Å². The van der Waals surface area contributed by atoms with E-state index in [0.717, 1.165) is 10.0 Å². The van der Waals surface area contributed by atoms with Crippen LogP contribution in [0.4, 0.5) is 5.69 Å². The molecule has 0 amide bonds. The molecular formula is C14H20BrNO. The number of anilines is 1. The topological polar surface area (TPSA) is 23.5 Å². The average Bonchev–Trinajstić information content (AvgIpc) is 2.70. The van der Waals surface area contributed by atoms with Crippen molar-refractivity contribution in [2.24, 2.45) is 0 Å². The van der Waals surface area contributed by atoms with E-state index in [9.17, 15) is 5.11 Å². The first-order valence-corrected chi connectivity index (χ1v) is 7.14. The van der Waals surface area contributed by atoms with E-state index in [-0.39, 0.29) is 6.61 Å². The normalized spacial score (nSPS) is 24.4. The third-order valence-electron chi connectivity index (χ3n) is 3.75. The van der Waals surface area contributed by atoms with Crippen LogP contribution in [0.2, 0.25) is 0 Å². The Morgan fingerprint density at radius 2 is 2.18 bits per heavy atom. The molecule has 1 aliphatic heterocycles. The zero-order valence-electron chi connectivity index (χ0n) is 10.5. The summed E-state index contributed by atoms with van der Waals surface area (Å²) >= 11 is 3.53. The van der Waals surface area contributed by atoms with E-state index >= 15 is 0 Å². The SMILES string of the molecule is CCC1CCC(C)N1c1cc(Br)ccc1CO. The maximum Gasteiger partial charge on any atom is 0.0702 e. The molecule has 0 saturated carbocycles. The minimum atomic E-state index is 0.113. The van der Waals surface area contributed by atoms with Crippen molar-refractivity contribution in [3.05, 3.63) is 28.2 Å². The largest absolute Gasteiger partial charge is 0.392 e. The number of rotatable bonds is 3. The molecule has 94 valence electrons. The van der Waals surface area contributed by atoms with Crippen LogP contribution in [0.3, 0.4) is 0 Å². The second-order valence-corrected chi connectivity index (χ2v) is 5.74. The van der Waals surface area contributed by atoms with Crippen LogP contribution < -0.4 is 4.90 Å². The van der Waals surface area contributed by atoms with Gasteiger partial charge in [-0.15, -0.1) is 0 Å². The highest BCUT2D eigenvalue weighted by molar-refractivity contribution is 9.10. The van der Waals surface area contributed by atoms with Gasteiger partial charge in [0.1, 0.15) is 0 Å². The Bertz CT molecular complexity index is 394. The maximum absolute atomic E-state index is 9.47. The summed E-state index contributed by atoms with van der Waals surface area (Å²) in [6, 6.07) is 7.33. The fraction of sp³-hybridized carbons (Fsp3) is 0.571. The van der Waals surface area contributed by atoms with E-state index in [1.165, 1.54) is 24.9 Å².